The molecule has 0 heteroatoms. The molecule has 4 aromatic carbocycles. The van der Waals surface area contributed by atoms with Crippen LogP contribution in [0.25, 0.3) is 0 Å². The van der Waals surface area contributed by atoms with Crippen molar-refractivity contribution >= 4 is 0 Å². The van der Waals surface area contributed by atoms with E-state index in [2.05, 4.69) is 165 Å². The highest BCUT2D eigenvalue weighted by Gasteiger charge is 2.25. The van der Waals surface area contributed by atoms with E-state index >= 15 is 0 Å². The monoisotopic (exact) mass is 521 g/mol. The first-order chi connectivity index (χ1) is 19.8. The van der Waals surface area contributed by atoms with E-state index in [1.165, 1.54) is 27.8 Å². The van der Waals surface area contributed by atoms with Crippen LogP contribution < -0.4 is 0 Å². The molecule has 1 aliphatic rings. The van der Waals surface area contributed by atoms with Crippen molar-refractivity contribution in [3.8, 4) is 0 Å². The van der Waals surface area contributed by atoms with Gasteiger partial charge in [0.2, 0.25) is 0 Å². The number of benzene rings is 4. The molecule has 4 aromatic rings. The van der Waals surface area contributed by atoms with E-state index in [1.807, 2.05) is 0 Å². The fraction of sp³-hybridized carbons (Fsp3) is 0.225. The van der Waals surface area contributed by atoms with Gasteiger partial charge in [0.15, 0.2) is 0 Å². The molecule has 5 rings (SSSR count). The normalized spacial score (nSPS) is 16.7. The number of rotatable bonds is 12. The molecule has 0 spiro atoms. The summed E-state index contributed by atoms with van der Waals surface area (Å²) >= 11 is 0. The third-order valence-corrected chi connectivity index (χ3v) is 8.40. The molecule has 0 amide bonds. The second kappa shape index (κ2) is 14.4. The zero-order chi connectivity index (χ0) is 27.4. The Kier molecular flexibility index (Phi) is 9.90. The molecule has 4 atom stereocenters. The standard InChI is InChI=1S/C40H41/c1-32(34-19-9-3-10-20-34)29-39(36-23-13-5-14-24-36)31-40(37-25-15-6-16-26-37)30-38(35-21-11-4-12-22-35)28-27-33-17-7-2-8-18-33/h2-27,32,38-40H,28-31H2,1H3/q-1. The Morgan fingerprint density at radius 2 is 0.975 bits per heavy atom. The van der Waals surface area contributed by atoms with Crippen LogP contribution in [-0.2, 0) is 0 Å². The van der Waals surface area contributed by atoms with Gasteiger partial charge in [-0.1, -0.05) is 135 Å². The second-order valence-electron chi connectivity index (χ2n) is 11.2. The van der Waals surface area contributed by atoms with Gasteiger partial charge in [0, 0.05) is 0 Å². The summed E-state index contributed by atoms with van der Waals surface area (Å²) in [5.41, 5.74) is 7.08. The zero-order valence-electron chi connectivity index (χ0n) is 23.6. The molecule has 0 N–H and O–H groups in total. The number of hydrogen-bond donors (Lipinski definition) is 0. The Hall–Kier alpha value is -4.03. The number of hydrogen-bond acceptors (Lipinski definition) is 0. The molecule has 0 nitrogen and oxygen atoms in total. The SMILES string of the molecule is CC(CC(CC(CC(C/C=C1/C=CC=C[CH-]1)c1ccccc1)c1ccccc1)c1ccccc1)c1ccccc1. The largest absolute Gasteiger partial charge is 0.156 e. The average molecular weight is 522 g/mol. The van der Waals surface area contributed by atoms with Gasteiger partial charge in [-0.05, 0) is 65.2 Å². The Labute approximate surface area is 241 Å². The third kappa shape index (κ3) is 7.76. The van der Waals surface area contributed by atoms with Crippen LogP contribution in [0.1, 0.15) is 78.5 Å². The molecule has 0 saturated carbocycles. The fourth-order valence-electron chi connectivity index (χ4n) is 6.18. The molecule has 4 unspecified atom stereocenters. The van der Waals surface area contributed by atoms with E-state index < -0.39 is 0 Å². The van der Waals surface area contributed by atoms with Gasteiger partial charge in [-0.2, -0.15) is 11.6 Å². The van der Waals surface area contributed by atoms with Gasteiger partial charge in [0.1, 0.15) is 0 Å². The summed E-state index contributed by atoms with van der Waals surface area (Å²) in [7, 11) is 0. The molecule has 202 valence electrons. The maximum Gasteiger partial charge on any atom is -0.0150 e. The highest BCUT2D eigenvalue weighted by molar-refractivity contribution is 5.39. The molecule has 0 saturated heterocycles. The minimum Gasteiger partial charge on any atom is -0.156 e. The van der Waals surface area contributed by atoms with Crippen molar-refractivity contribution in [1.82, 2.24) is 0 Å². The summed E-state index contributed by atoms with van der Waals surface area (Å²) in [5.74, 6) is 1.90. The van der Waals surface area contributed by atoms with E-state index in [9.17, 15) is 0 Å². The molecule has 0 fully saturated rings. The van der Waals surface area contributed by atoms with Crippen LogP contribution >= 0.6 is 0 Å². The molecular weight excluding hydrogens is 480 g/mol. The highest BCUT2D eigenvalue weighted by atomic mass is 14.3. The van der Waals surface area contributed by atoms with E-state index in [0.29, 0.717) is 23.7 Å². The molecule has 40 heavy (non-hydrogen) atoms. The first kappa shape index (κ1) is 27.5. The van der Waals surface area contributed by atoms with Crippen molar-refractivity contribution in [1.29, 1.82) is 0 Å². The summed E-state index contributed by atoms with van der Waals surface area (Å²) in [6, 6.07) is 44.6. The lowest BCUT2D eigenvalue weighted by Gasteiger charge is -2.30. The quantitative estimate of drug-likeness (QED) is 0.163. The summed E-state index contributed by atoms with van der Waals surface area (Å²) in [4.78, 5) is 0. The lowest BCUT2D eigenvalue weighted by Crippen LogP contribution is -2.13. The van der Waals surface area contributed by atoms with Gasteiger partial charge in [-0.3, -0.25) is 0 Å². The predicted octanol–water partition coefficient (Wildman–Crippen LogP) is 11.0. The van der Waals surface area contributed by atoms with Gasteiger partial charge in [-0.15, -0.1) is 30.7 Å². The molecule has 0 heterocycles. The van der Waals surface area contributed by atoms with Crippen LogP contribution in [0, 0.1) is 6.42 Å². The third-order valence-electron chi connectivity index (χ3n) is 8.40. The Morgan fingerprint density at radius 3 is 1.48 bits per heavy atom. The Bertz CT molecular complexity index is 1360. The van der Waals surface area contributed by atoms with E-state index in [1.54, 1.807) is 0 Å². The van der Waals surface area contributed by atoms with E-state index in [-0.39, 0.29) is 0 Å². The Morgan fingerprint density at radius 1 is 0.525 bits per heavy atom. The summed E-state index contributed by atoms with van der Waals surface area (Å²) < 4.78 is 0. The molecule has 0 aromatic heterocycles. The van der Waals surface area contributed by atoms with Crippen molar-refractivity contribution in [3.63, 3.8) is 0 Å². The second-order valence-corrected chi connectivity index (χ2v) is 11.2. The van der Waals surface area contributed by atoms with Crippen LogP contribution in [0.3, 0.4) is 0 Å². The lowest BCUT2D eigenvalue weighted by atomic mass is 9.75. The van der Waals surface area contributed by atoms with Crippen LogP contribution in [0.4, 0.5) is 0 Å². The minimum atomic E-state index is 0.453. The molecule has 0 bridgehead atoms. The van der Waals surface area contributed by atoms with Crippen molar-refractivity contribution in [2.75, 3.05) is 0 Å². The van der Waals surface area contributed by atoms with Gasteiger partial charge < -0.3 is 0 Å². The fourth-order valence-corrected chi connectivity index (χ4v) is 6.18. The van der Waals surface area contributed by atoms with E-state index in [4.69, 9.17) is 0 Å². The predicted molar refractivity (Wildman–Crippen MR) is 172 cm³/mol. The lowest BCUT2D eigenvalue weighted by molar-refractivity contribution is 0.433. The molecule has 1 aliphatic carbocycles. The van der Waals surface area contributed by atoms with Crippen LogP contribution in [0.5, 0.6) is 0 Å². The first-order valence-electron chi connectivity index (χ1n) is 14.8. The van der Waals surface area contributed by atoms with Crippen LogP contribution in [-0.4, -0.2) is 0 Å². The van der Waals surface area contributed by atoms with Crippen LogP contribution in [0.2, 0.25) is 0 Å². The van der Waals surface area contributed by atoms with Crippen molar-refractivity contribution in [2.24, 2.45) is 0 Å². The Balaban J connectivity index is 1.45. The molecule has 0 radical (unpaired) electrons. The van der Waals surface area contributed by atoms with Gasteiger partial charge in [-0.25, -0.2) is 0 Å². The zero-order valence-corrected chi connectivity index (χ0v) is 23.6. The maximum absolute atomic E-state index is 2.42. The smallest absolute Gasteiger partial charge is 0.0150 e. The van der Waals surface area contributed by atoms with Gasteiger partial charge >= 0.3 is 0 Å². The topological polar surface area (TPSA) is 0 Å². The first-order valence-corrected chi connectivity index (χ1v) is 14.8. The van der Waals surface area contributed by atoms with E-state index in [0.717, 1.165) is 25.7 Å². The number of allylic oxidation sites excluding steroid dienone is 6. The van der Waals surface area contributed by atoms with Crippen LogP contribution in [0.15, 0.2) is 157 Å². The minimum absolute atomic E-state index is 0.453. The van der Waals surface area contributed by atoms with Crippen molar-refractivity contribution in [3.05, 3.63) is 186 Å². The molecular formula is C40H41-. The summed E-state index contributed by atoms with van der Waals surface area (Å²) in [6.07, 6.45) is 17.7. The highest BCUT2D eigenvalue weighted by Crippen LogP contribution is 2.42. The van der Waals surface area contributed by atoms with Crippen molar-refractivity contribution < 1.29 is 0 Å². The maximum atomic E-state index is 2.42. The van der Waals surface area contributed by atoms with Gasteiger partial charge in [0.05, 0.1) is 0 Å². The molecule has 0 aliphatic heterocycles. The summed E-state index contributed by atoms with van der Waals surface area (Å²) in [6.45, 7) is 2.39. The van der Waals surface area contributed by atoms with Crippen molar-refractivity contribution in [2.45, 2.75) is 56.3 Å². The van der Waals surface area contributed by atoms with Gasteiger partial charge in [0.25, 0.3) is 0 Å². The summed E-state index contributed by atoms with van der Waals surface area (Å²) in [5, 5.41) is 0. The average Bonchev–Trinajstić information content (AvgIpc) is 3.04.